The van der Waals surface area contributed by atoms with E-state index in [1.54, 1.807) is 6.92 Å². The molecule has 148 valence electrons. The maximum atomic E-state index is 12.0. The van der Waals surface area contributed by atoms with E-state index in [9.17, 15) is 4.79 Å². The van der Waals surface area contributed by atoms with Crippen LogP contribution in [0.25, 0.3) is 10.8 Å². The van der Waals surface area contributed by atoms with E-state index in [-0.39, 0.29) is 11.8 Å². The number of rotatable bonds is 7. The summed E-state index contributed by atoms with van der Waals surface area (Å²) >= 11 is 9.45. The number of benzene rings is 3. The van der Waals surface area contributed by atoms with E-state index in [0.29, 0.717) is 11.5 Å². The molecule has 0 radical (unpaired) electrons. The number of nitrogens with one attached hydrogen (secondary N) is 2. The van der Waals surface area contributed by atoms with Crippen molar-refractivity contribution in [3.63, 3.8) is 0 Å². The first-order valence-electron chi connectivity index (χ1n) is 8.71. The Kier molecular flexibility index (Phi) is 7.21. The Labute approximate surface area is 181 Å². The van der Waals surface area contributed by atoms with Gasteiger partial charge in [-0.2, -0.15) is 10.2 Å². The maximum absolute atomic E-state index is 12.0. The second kappa shape index (κ2) is 10.0. The highest BCUT2D eigenvalue weighted by molar-refractivity contribution is 9.10. The number of nitrogens with zero attached hydrogens (tertiary/aromatic N) is 2. The lowest BCUT2D eigenvalue weighted by molar-refractivity contribution is -0.123. The molecule has 2 N–H and O–H groups in total. The van der Waals surface area contributed by atoms with Gasteiger partial charge >= 0.3 is 0 Å². The monoisotopic (exact) mass is 472 g/mol. The van der Waals surface area contributed by atoms with Crippen LogP contribution < -0.4 is 15.6 Å². The highest BCUT2D eigenvalue weighted by Gasteiger charge is 2.05. The molecule has 0 aliphatic rings. The van der Waals surface area contributed by atoms with Gasteiger partial charge in [0.2, 0.25) is 0 Å². The topological polar surface area (TPSA) is 75.1 Å². The van der Waals surface area contributed by atoms with Crippen molar-refractivity contribution in [3.8, 4) is 5.75 Å². The summed E-state index contributed by atoms with van der Waals surface area (Å²) in [7, 11) is 0. The summed E-state index contributed by atoms with van der Waals surface area (Å²) in [5.74, 6) is 0.209. The Balaban J connectivity index is 1.50. The quantitative estimate of drug-likeness (QED) is 0.369. The van der Waals surface area contributed by atoms with Crippen LogP contribution in [-0.4, -0.2) is 23.4 Å². The van der Waals surface area contributed by atoms with Crippen LogP contribution in [0.4, 0.5) is 5.69 Å². The van der Waals surface area contributed by atoms with Crippen molar-refractivity contribution in [3.05, 3.63) is 71.2 Å². The standard InChI is InChI=1S/C21H18BrClN4O2/c1-14(21(23)27-25-18-9-7-17(22)8-10-18)24-26-20(28)13-29-19-11-6-15-4-2-3-5-16(15)12-19/h2-12,25H,13H2,1H3,(H,26,28)/b24-14-,27-21+. The van der Waals surface area contributed by atoms with Crippen LogP contribution in [-0.2, 0) is 4.79 Å². The molecule has 3 aromatic carbocycles. The van der Waals surface area contributed by atoms with Crippen molar-refractivity contribution in [2.75, 3.05) is 12.0 Å². The highest BCUT2D eigenvalue weighted by Crippen LogP contribution is 2.20. The van der Waals surface area contributed by atoms with Gasteiger partial charge in [0.05, 0.1) is 11.4 Å². The van der Waals surface area contributed by atoms with Crippen molar-refractivity contribution in [1.29, 1.82) is 0 Å². The number of carbonyl (C=O) groups is 1. The number of hydrogen-bond donors (Lipinski definition) is 2. The first-order valence-corrected chi connectivity index (χ1v) is 9.88. The molecule has 0 fully saturated rings. The maximum Gasteiger partial charge on any atom is 0.277 e. The number of hydrazone groups is 2. The Hall–Kier alpha value is -2.90. The number of ether oxygens (including phenoxy) is 1. The van der Waals surface area contributed by atoms with Crippen LogP contribution >= 0.6 is 27.5 Å². The molecular formula is C21H18BrClN4O2. The van der Waals surface area contributed by atoms with E-state index in [4.69, 9.17) is 16.3 Å². The molecular weight excluding hydrogens is 456 g/mol. The van der Waals surface area contributed by atoms with Gasteiger partial charge < -0.3 is 4.74 Å². The highest BCUT2D eigenvalue weighted by atomic mass is 79.9. The Morgan fingerprint density at radius 2 is 1.76 bits per heavy atom. The summed E-state index contributed by atoms with van der Waals surface area (Å²) < 4.78 is 6.49. The third-order valence-corrected chi connectivity index (χ3v) is 4.75. The number of hydrogen-bond acceptors (Lipinski definition) is 5. The molecule has 6 nitrogen and oxygen atoms in total. The van der Waals surface area contributed by atoms with Gasteiger partial charge in [0, 0.05) is 4.47 Å². The first kappa shape index (κ1) is 20.8. The molecule has 0 saturated carbocycles. The second-order valence-electron chi connectivity index (χ2n) is 6.05. The van der Waals surface area contributed by atoms with Gasteiger partial charge in [0.15, 0.2) is 11.8 Å². The van der Waals surface area contributed by atoms with Crippen LogP contribution in [0.5, 0.6) is 5.75 Å². The van der Waals surface area contributed by atoms with E-state index in [2.05, 4.69) is 37.0 Å². The van der Waals surface area contributed by atoms with Crippen molar-refractivity contribution >= 4 is 60.8 Å². The molecule has 1 amide bonds. The minimum Gasteiger partial charge on any atom is -0.484 e. The molecule has 0 spiro atoms. The zero-order valence-corrected chi connectivity index (χ0v) is 17.9. The number of amides is 1. The van der Waals surface area contributed by atoms with Gasteiger partial charge in [0.25, 0.3) is 5.91 Å². The average molecular weight is 474 g/mol. The van der Waals surface area contributed by atoms with Crippen LogP contribution in [0.3, 0.4) is 0 Å². The molecule has 3 rings (SSSR count). The van der Waals surface area contributed by atoms with Crippen molar-refractivity contribution in [1.82, 2.24) is 5.43 Å². The molecule has 0 bridgehead atoms. The van der Waals surface area contributed by atoms with Crippen LogP contribution in [0.2, 0.25) is 0 Å². The molecule has 0 atom stereocenters. The van der Waals surface area contributed by atoms with E-state index < -0.39 is 5.91 Å². The molecule has 0 aliphatic heterocycles. The van der Waals surface area contributed by atoms with Gasteiger partial charge in [-0.1, -0.05) is 57.9 Å². The van der Waals surface area contributed by atoms with Crippen LogP contribution in [0, 0.1) is 0 Å². The minimum absolute atomic E-state index is 0.128. The fourth-order valence-corrected chi connectivity index (χ4v) is 2.70. The number of anilines is 1. The number of carbonyl (C=O) groups excluding carboxylic acids is 1. The Morgan fingerprint density at radius 1 is 1.03 bits per heavy atom. The van der Waals surface area contributed by atoms with Gasteiger partial charge in [-0.25, -0.2) is 5.43 Å². The molecule has 29 heavy (non-hydrogen) atoms. The van der Waals surface area contributed by atoms with E-state index in [1.807, 2.05) is 66.7 Å². The molecule has 0 aliphatic carbocycles. The molecule has 0 saturated heterocycles. The Morgan fingerprint density at radius 3 is 2.52 bits per heavy atom. The van der Waals surface area contributed by atoms with E-state index in [1.165, 1.54) is 0 Å². The van der Waals surface area contributed by atoms with Gasteiger partial charge in [-0.15, -0.1) is 0 Å². The normalized spacial score (nSPS) is 12.0. The smallest absolute Gasteiger partial charge is 0.277 e. The van der Waals surface area contributed by atoms with E-state index >= 15 is 0 Å². The number of fused-ring (bicyclic) bond motifs is 1. The van der Waals surface area contributed by atoms with Crippen molar-refractivity contribution in [2.24, 2.45) is 10.2 Å². The Bertz CT molecular complexity index is 1070. The third kappa shape index (κ3) is 6.30. The molecule has 0 heterocycles. The summed E-state index contributed by atoms with van der Waals surface area (Å²) in [5.41, 5.74) is 6.35. The second-order valence-corrected chi connectivity index (χ2v) is 7.32. The average Bonchev–Trinajstić information content (AvgIpc) is 2.75. The SMILES string of the molecule is CC(=N/NC(=O)COc1ccc2ccccc2c1)/C(Cl)=N\Nc1ccc(Br)cc1. The molecule has 8 heteroatoms. The summed E-state index contributed by atoms with van der Waals surface area (Å²) in [6.07, 6.45) is 0. The van der Waals surface area contributed by atoms with E-state index in [0.717, 1.165) is 20.9 Å². The van der Waals surface area contributed by atoms with Gasteiger partial charge in [-0.3, -0.25) is 10.2 Å². The fraction of sp³-hybridized carbons (Fsp3) is 0.0952. The largest absolute Gasteiger partial charge is 0.484 e. The summed E-state index contributed by atoms with van der Waals surface area (Å²) in [4.78, 5) is 12.0. The predicted molar refractivity (Wildman–Crippen MR) is 122 cm³/mol. The lowest BCUT2D eigenvalue weighted by atomic mass is 10.1. The van der Waals surface area contributed by atoms with Gasteiger partial charge in [0.1, 0.15) is 5.75 Å². The lowest BCUT2D eigenvalue weighted by Crippen LogP contribution is -2.26. The first-order chi connectivity index (χ1) is 14.0. The van der Waals surface area contributed by atoms with Crippen molar-refractivity contribution < 1.29 is 9.53 Å². The molecule has 0 unspecified atom stereocenters. The number of halogens is 2. The predicted octanol–water partition coefficient (Wildman–Crippen LogP) is 5.14. The minimum atomic E-state index is -0.400. The fourth-order valence-electron chi connectivity index (χ4n) is 2.35. The van der Waals surface area contributed by atoms with Gasteiger partial charge in [-0.05, 0) is 54.1 Å². The summed E-state index contributed by atoms with van der Waals surface area (Å²) in [6.45, 7) is 1.47. The lowest BCUT2D eigenvalue weighted by Gasteiger charge is -2.07. The summed E-state index contributed by atoms with van der Waals surface area (Å²) in [5, 5.41) is 10.2. The van der Waals surface area contributed by atoms with Crippen LogP contribution in [0.15, 0.2) is 81.4 Å². The van der Waals surface area contributed by atoms with Crippen LogP contribution in [0.1, 0.15) is 6.92 Å². The zero-order chi connectivity index (χ0) is 20.6. The van der Waals surface area contributed by atoms with Crippen molar-refractivity contribution in [2.45, 2.75) is 6.92 Å². The summed E-state index contributed by atoms with van der Waals surface area (Å²) in [6, 6.07) is 21.0. The molecule has 3 aromatic rings. The molecule has 0 aromatic heterocycles. The zero-order valence-electron chi connectivity index (χ0n) is 15.5. The third-order valence-electron chi connectivity index (χ3n) is 3.87.